The number of halogens is 1. The van der Waals surface area contributed by atoms with Gasteiger partial charge in [0.1, 0.15) is 0 Å². The molecule has 2 rings (SSSR count). The number of rotatable bonds is 2. The summed E-state index contributed by atoms with van der Waals surface area (Å²) in [4.78, 5) is 19.4. The lowest BCUT2D eigenvalue weighted by molar-refractivity contribution is 0.102. The van der Waals surface area contributed by atoms with Gasteiger partial charge in [0.25, 0.3) is 5.91 Å². The SMILES string of the molecule is O=C(Nc1nccnc1Cl)c1cccc(O)c1O. The highest BCUT2D eigenvalue weighted by Crippen LogP contribution is 2.28. The van der Waals surface area contributed by atoms with Crippen LogP contribution in [0.1, 0.15) is 10.4 Å². The van der Waals surface area contributed by atoms with Gasteiger partial charge < -0.3 is 15.5 Å². The number of nitrogens with zero attached hydrogens (tertiary/aromatic N) is 2. The Morgan fingerprint density at radius 2 is 1.94 bits per heavy atom. The zero-order chi connectivity index (χ0) is 13.1. The smallest absolute Gasteiger partial charge is 0.260 e. The van der Waals surface area contributed by atoms with Gasteiger partial charge in [-0.2, -0.15) is 0 Å². The van der Waals surface area contributed by atoms with Gasteiger partial charge in [-0.25, -0.2) is 9.97 Å². The van der Waals surface area contributed by atoms with Crippen LogP contribution in [0.3, 0.4) is 0 Å². The van der Waals surface area contributed by atoms with Gasteiger partial charge in [-0.05, 0) is 12.1 Å². The first-order valence-electron chi connectivity index (χ1n) is 4.88. The summed E-state index contributed by atoms with van der Waals surface area (Å²) in [5.74, 6) is -1.46. The summed E-state index contributed by atoms with van der Waals surface area (Å²) in [6, 6.07) is 4.05. The van der Waals surface area contributed by atoms with Crippen LogP contribution in [0.25, 0.3) is 0 Å². The minimum atomic E-state index is -0.647. The van der Waals surface area contributed by atoms with Crippen LogP contribution in [0.4, 0.5) is 5.82 Å². The molecule has 0 aliphatic heterocycles. The number of nitrogens with one attached hydrogen (secondary N) is 1. The molecule has 2 aromatic rings. The fourth-order valence-corrected chi connectivity index (χ4v) is 1.45. The van der Waals surface area contributed by atoms with E-state index in [1.54, 1.807) is 0 Å². The fraction of sp³-hybridized carbons (Fsp3) is 0. The molecule has 0 aliphatic rings. The van der Waals surface area contributed by atoms with Gasteiger partial charge in [-0.3, -0.25) is 4.79 Å². The maximum absolute atomic E-state index is 11.8. The van der Waals surface area contributed by atoms with E-state index in [2.05, 4.69) is 15.3 Å². The number of aromatic hydroxyl groups is 2. The average Bonchev–Trinajstić information content (AvgIpc) is 2.35. The number of carbonyl (C=O) groups is 1. The molecule has 7 heteroatoms. The van der Waals surface area contributed by atoms with Crippen LogP contribution >= 0.6 is 11.6 Å². The zero-order valence-corrected chi connectivity index (χ0v) is 9.72. The van der Waals surface area contributed by atoms with Crippen molar-refractivity contribution in [2.24, 2.45) is 0 Å². The average molecular weight is 266 g/mol. The van der Waals surface area contributed by atoms with Crippen LogP contribution in [-0.4, -0.2) is 26.1 Å². The van der Waals surface area contributed by atoms with Gasteiger partial charge in [-0.1, -0.05) is 17.7 Å². The lowest BCUT2D eigenvalue weighted by Gasteiger charge is -2.07. The Morgan fingerprint density at radius 3 is 2.67 bits per heavy atom. The summed E-state index contributed by atoms with van der Waals surface area (Å²) in [6.45, 7) is 0. The van der Waals surface area contributed by atoms with E-state index in [1.807, 2.05) is 0 Å². The normalized spacial score (nSPS) is 10.1. The summed E-state index contributed by atoms with van der Waals surface area (Å²) in [5, 5.41) is 21.2. The van der Waals surface area contributed by atoms with Crippen LogP contribution in [0, 0.1) is 0 Å². The molecule has 0 unspecified atom stereocenters. The summed E-state index contributed by atoms with van der Waals surface area (Å²) < 4.78 is 0. The molecule has 92 valence electrons. The van der Waals surface area contributed by atoms with Crippen LogP contribution in [0.15, 0.2) is 30.6 Å². The third-order valence-corrected chi connectivity index (χ3v) is 2.42. The second-order valence-corrected chi connectivity index (χ2v) is 3.68. The monoisotopic (exact) mass is 265 g/mol. The van der Waals surface area contributed by atoms with Crippen LogP contribution in [-0.2, 0) is 0 Å². The van der Waals surface area contributed by atoms with Crippen molar-refractivity contribution in [3.05, 3.63) is 41.3 Å². The fourth-order valence-electron chi connectivity index (χ4n) is 1.29. The molecule has 0 fully saturated rings. The summed E-state index contributed by atoms with van der Waals surface area (Å²) in [5.41, 5.74) is -0.0864. The van der Waals surface area contributed by atoms with E-state index in [1.165, 1.54) is 30.6 Å². The van der Waals surface area contributed by atoms with Crippen molar-refractivity contribution < 1.29 is 15.0 Å². The number of phenolic OH excluding ortho intramolecular Hbond substituents is 2. The molecule has 0 radical (unpaired) electrons. The molecular weight excluding hydrogens is 258 g/mol. The molecule has 0 saturated carbocycles. The largest absolute Gasteiger partial charge is 0.504 e. The van der Waals surface area contributed by atoms with E-state index in [4.69, 9.17) is 11.6 Å². The van der Waals surface area contributed by atoms with Crippen LogP contribution in [0.2, 0.25) is 5.15 Å². The number of aromatic nitrogens is 2. The second kappa shape index (κ2) is 4.89. The maximum atomic E-state index is 11.8. The van der Waals surface area contributed by atoms with Crippen molar-refractivity contribution in [1.82, 2.24) is 9.97 Å². The quantitative estimate of drug-likeness (QED) is 0.720. The highest BCUT2D eigenvalue weighted by Gasteiger charge is 2.15. The molecule has 0 aliphatic carbocycles. The van der Waals surface area contributed by atoms with Crippen molar-refractivity contribution in [1.29, 1.82) is 0 Å². The Hall–Kier alpha value is -2.34. The number of carbonyl (C=O) groups excluding carboxylic acids is 1. The van der Waals surface area contributed by atoms with Crippen molar-refractivity contribution in [2.45, 2.75) is 0 Å². The van der Waals surface area contributed by atoms with E-state index in [0.29, 0.717) is 0 Å². The number of anilines is 1. The lowest BCUT2D eigenvalue weighted by Crippen LogP contribution is -2.13. The molecule has 0 spiro atoms. The second-order valence-electron chi connectivity index (χ2n) is 3.32. The van der Waals surface area contributed by atoms with E-state index in [-0.39, 0.29) is 22.3 Å². The number of hydrogen-bond donors (Lipinski definition) is 3. The van der Waals surface area contributed by atoms with Gasteiger partial charge in [0.2, 0.25) is 0 Å². The Bertz CT molecular complexity index is 604. The first-order valence-corrected chi connectivity index (χ1v) is 5.26. The zero-order valence-electron chi connectivity index (χ0n) is 8.96. The van der Waals surface area contributed by atoms with Crippen molar-refractivity contribution in [3.8, 4) is 11.5 Å². The molecule has 0 bridgehead atoms. The maximum Gasteiger partial charge on any atom is 0.260 e. The minimum Gasteiger partial charge on any atom is -0.504 e. The summed E-state index contributed by atoms with van der Waals surface area (Å²) >= 11 is 5.73. The van der Waals surface area contributed by atoms with Gasteiger partial charge in [0, 0.05) is 12.4 Å². The first-order chi connectivity index (χ1) is 8.59. The standard InChI is InChI=1S/C11H8ClN3O3/c12-9-10(14-5-4-13-9)15-11(18)6-2-1-3-7(16)8(6)17/h1-5,16-17H,(H,14,15,18). The van der Waals surface area contributed by atoms with Gasteiger partial charge >= 0.3 is 0 Å². The van der Waals surface area contributed by atoms with Crippen LogP contribution in [0.5, 0.6) is 11.5 Å². The predicted molar refractivity (Wildman–Crippen MR) is 64.8 cm³/mol. The predicted octanol–water partition coefficient (Wildman–Crippen LogP) is 1.79. The number of benzene rings is 1. The molecule has 0 atom stereocenters. The third kappa shape index (κ3) is 2.33. The van der Waals surface area contributed by atoms with Crippen molar-refractivity contribution in [3.63, 3.8) is 0 Å². The summed E-state index contributed by atoms with van der Waals surface area (Å²) in [6.07, 6.45) is 2.74. The summed E-state index contributed by atoms with van der Waals surface area (Å²) in [7, 11) is 0. The molecule has 6 nitrogen and oxygen atoms in total. The highest BCUT2D eigenvalue weighted by molar-refractivity contribution is 6.32. The van der Waals surface area contributed by atoms with Crippen molar-refractivity contribution >= 4 is 23.3 Å². The Labute approximate surface area is 107 Å². The van der Waals surface area contributed by atoms with Gasteiger partial charge in [0.15, 0.2) is 22.5 Å². The number of hydrogen-bond acceptors (Lipinski definition) is 5. The molecule has 1 amide bonds. The van der Waals surface area contributed by atoms with Gasteiger partial charge in [0.05, 0.1) is 5.56 Å². The topological polar surface area (TPSA) is 95.3 Å². The lowest BCUT2D eigenvalue weighted by atomic mass is 10.1. The molecule has 0 saturated heterocycles. The molecule has 3 N–H and O–H groups in total. The van der Waals surface area contributed by atoms with E-state index < -0.39 is 11.7 Å². The Kier molecular flexibility index (Phi) is 3.29. The Morgan fingerprint density at radius 1 is 1.22 bits per heavy atom. The Balaban J connectivity index is 2.28. The van der Waals surface area contributed by atoms with E-state index in [9.17, 15) is 15.0 Å². The number of para-hydroxylation sites is 1. The molecule has 18 heavy (non-hydrogen) atoms. The van der Waals surface area contributed by atoms with Crippen LogP contribution < -0.4 is 5.32 Å². The number of amides is 1. The third-order valence-electron chi connectivity index (χ3n) is 2.14. The molecule has 1 aromatic heterocycles. The van der Waals surface area contributed by atoms with Gasteiger partial charge in [-0.15, -0.1) is 0 Å². The van der Waals surface area contributed by atoms with E-state index in [0.717, 1.165) is 0 Å². The van der Waals surface area contributed by atoms with E-state index >= 15 is 0 Å². The molecular formula is C11H8ClN3O3. The first kappa shape index (κ1) is 12.1. The highest BCUT2D eigenvalue weighted by atomic mass is 35.5. The number of phenols is 2. The minimum absolute atomic E-state index is 0.0329. The van der Waals surface area contributed by atoms with Crippen molar-refractivity contribution in [2.75, 3.05) is 5.32 Å². The molecule has 1 aromatic carbocycles. The molecule has 1 heterocycles.